The van der Waals surface area contributed by atoms with Crippen molar-refractivity contribution in [1.29, 1.82) is 0 Å². The van der Waals surface area contributed by atoms with E-state index in [4.69, 9.17) is 4.84 Å². The van der Waals surface area contributed by atoms with Gasteiger partial charge < -0.3 is 10.2 Å². The van der Waals surface area contributed by atoms with Crippen LogP contribution in [0.25, 0.3) is 16.8 Å². The Morgan fingerprint density at radius 3 is 2.53 bits per heavy atom. The van der Waals surface area contributed by atoms with Gasteiger partial charge >= 0.3 is 0 Å². The summed E-state index contributed by atoms with van der Waals surface area (Å²) in [5, 5.41) is 11.3. The first-order valence-corrected chi connectivity index (χ1v) is 10.4. The fourth-order valence-electron chi connectivity index (χ4n) is 3.60. The minimum atomic E-state index is -0.261. The van der Waals surface area contributed by atoms with Gasteiger partial charge in [-0.3, -0.25) is 9.78 Å². The number of benzene rings is 2. The van der Waals surface area contributed by atoms with Crippen LogP contribution in [-0.2, 0) is 4.84 Å². The molecule has 1 atom stereocenters. The van der Waals surface area contributed by atoms with Crippen LogP contribution in [0.5, 0.6) is 0 Å². The lowest BCUT2D eigenvalue weighted by atomic mass is 10.00. The van der Waals surface area contributed by atoms with E-state index in [0.717, 1.165) is 22.5 Å². The quantitative estimate of drug-likeness (QED) is 0.511. The molecule has 1 N–H and O–H groups in total. The summed E-state index contributed by atoms with van der Waals surface area (Å²) in [5.74, 6) is -0.261. The highest BCUT2D eigenvalue weighted by atomic mass is 16.6. The molecule has 0 saturated heterocycles. The van der Waals surface area contributed by atoms with Gasteiger partial charge in [-0.25, -0.2) is 4.68 Å². The minimum absolute atomic E-state index is 0.211. The lowest BCUT2D eigenvalue weighted by molar-refractivity contribution is 0.0751. The SMILES string of the molecule is O=C(NCC1CC(c2ccc(-c3ccccc3)cc2)=NO1)c1cc(-n2cccn2)ccn1. The zero-order valence-electron chi connectivity index (χ0n) is 17.3. The number of nitrogens with zero attached hydrogens (tertiary/aromatic N) is 4. The van der Waals surface area contributed by atoms with Crippen LogP contribution in [0.3, 0.4) is 0 Å². The van der Waals surface area contributed by atoms with E-state index < -0.39 is 0 Å². The zero-order chi connectivity index (χ0) is 21.8. The lowest BCUT2D eigenvalue weighted by Gasteiger charge is -2.10. The third-order valence-corrected chi connectivity index (χ3v) is 5.29. The molecule has 7 heteroatoms. The average Bonchev–Trinajstić information content (AvgIpc) is 3.56. The molecule has 7 nitrogen and oxygen atoms in total. The summed E-state index contributed by atoms with van der Waals surface area (Å²) in [5.41, 5.74) is 5.33. The molecule has 0 bridgehead atoms. The molecule has 0 aliphatic carbocycles. The van der Waals surface area contributed by atoms with Gasteiger partial charge in [-0.05, 0) is 34.9 Å². The number of rotatable bonds is 6. The Balaban J connectivity index is 1.17. The van der Waals surface area contributed by atoms with Gasteiger partial charge in [0, 0.05) is 25.0 Å². The second kappa shape index (κ2) is 8.85. The molecule has 2 aromatic heterocycles. The van der Waals surface area contributed by atoms with Crippen LogP contribution >= 0.6 is 0 Å². The van der Waals surface area contributed by atoms with Crippen molar-refractivity contribution in [2.24, 2.45) is 5.16 Å². The molecule has 5 rings (SSSR count). The summed E-state index contributed by atoms with van der Waals surface area (Å²) in [6.45, 7) is 0.349. The van der Waals surface area contributed by atoms with Crippen molar-refractivity contribution in [3.05, 3.63) is 103 Å². The molecule has 2 aromatic carbocycles. The Kier molecular flexibility index (Phi) is 5.45. The maximum atomic E-state index is 12.6. The average molecular weight is 423 g/mol. The largest absolute Gasteiger partial charge is 0.390 e. The number of hydrogen-bond acceptors (Lipinski definition) is 5. The van der Waals surface area contributed by atoms with Gasteiger partial charge in [0.1, 0.15) is 11.8 Å². The topological polar surface area (TPSA) is 81.4 Å². The van der Waals surface area contributed by atoms with E-state index in [1.54, 1.807) is 29.2 Å². The van der Waals surface area contributed by atoms with Crippen molar-refractivity contribution in [2.75, 3.05) is 6.54 Å². The Morgan fingerprint density at radius 1 is 0.969 bits per heavy atom. The molecular weight excluding hydrogens is 402 g/mol. The van der Waals surface area contributed by atoms with E-state index in [1.807, 2.05) is 30.5 Å². The number of carbonyl (C=O) groups excluding carboxylic acids is 1. The number of nitrogens with one attached hydrogen (secondary N) is 1. The Hall–Kier alpha value is -4.26. The molecule has 0 spiro atoms. The van der Waals surface area contributed by atoms with E-state index in [1.165, 1.54) is 5.56 Å². The molecule has 158 valence electrons. The number of oxime groups is 1. The van der Waals surface area contributed by atoms with E-state index in [0.29, 0.717) is 18.7 Å². The van der Waals surface area contributed by atoms with Crippen LogP contribution in [0.1, 0.15) is 22.5 Å². The Bertz CT molecular complexity index is 1240. The number of carbonyl (C=O) groups is 1. The predicted octanol–water partition coefficient (Wildman–Crippen LogP) is 3.86. The van der Waals surface area contributed by atoms with E-state index in [-0.39, 0.29) is 12.0 Å². The molecule has 4 aromatic rings. The van der Waals surface area contributed by atoms with Crippen molar-refractivity contribution in [2.45, 2.75) is 12.5 Å². The van der Waals surface area contributed by atoms with E-state index in [9.17, 15) is 4.79 Å². The van der Waals surface area contributed by atoms with Gasteiger partial charge in [-0.15, -0.1) is 0 Å². The van der Waals surface area contributed by atoms with Crippen molar-refractivity contribution in [3.63, 3.8) is 0 Å². The van der Waals surface area contributed by atoms with Gasteiger partial charge in [0.25, 0.3) is 5.91 Å². The van der Waals surface area contributed by atoms with E-state index >= 15 is 0 Å². The molecule has 0 saturated carbocycles. The van der Waals surface area contributed by atoms with Crippen LogP contribution in [0, 0.1) is 0 Å². The van der Waals surface area contributed by atoms with Gasteiger partial charge in [-0.1, -0.05) is 59.8 Å². The first kappa shape index (κ1) is 19.7. The van der Waals surface area contributed by atoms with Gasteiger partial charge in [0.15, 0.2) is 0 Å². The normalized spacial score (nSPS) is 15.1. The van der Waals surface area contributed by atoms with Crippen LogP contribution in [0.4, 0.5) is 0 Å². The van der Waals surface area contributed by atoms with Crippen molar-refractivity contribution in [1.82, 2.24) is 20.1 Å². The highest BCUT2D eigenvalue weighted by Gasteiger charge is 2.23. The summed E-state index contributed by atoms with van der Waals surface area (Å²) >= 11 is 0. The molecular formula is C25H21N5O2. The molecule has 1 unspecified atom stereocenters. The third-order valence-electron chi connectivity index (χ3n) is 5.29. The predicted molar refractivity (Wildman–Crippen MR) is 122 cm³/mol. The summed E-state index contributed by atoms with van der Waals surface area (Å²) in [7, 11) is 0. The van der Waals surface area contributed by atoms with Crippen LogP contribution < -0.4 is 5.32 Å². The second-order valence-electron chi connectivity index (χ2n) is 7.47. The third kappa shape index (κ3) is 4.27. The summed E-state index contributed by atoms with van der Waals surface area (Å²) < 4.78 is 1.68. The summed E-state index contributed by atoms with van der Waals surface area (Å²) in [6.07, 6.45) is 5.51. The van der Waals surface area contributed by atoms with Gasteiger partial charge in [-0.2, -0.15) is 5.10 Å². The zero-order valence-corrected chi connectivity index (χ0v) is 17.3. The standard InChI is InChI=1S/C25H21N5O2/c31-25(24-15-21(11-13-26-24)30-14-4-12-28-30)27-17-22-16-23(29-32-22)20-9-7-19(8-10-20)18-5-2-1-3-6-18/h1-15,22H,16-17H2,(H,27,31). The van der Waals surface area contributed by atoms with E-state index in [2.05, 4.69) is 57.0 Å². The van der Waals surface area contributed by atoms with Crippen LogP contribution in [-0.4, -0.2) is 39.0 Å². The minimum Gasteiger partial charge on any atom is -0.390 e. The highest BCUT2D eigenvalue weighted by molar-refractivity contribution is 6.01. The molecule has 1 aliphatic rings. The van der Waals surface area contributed by atoms with Crippen LogP contribution in [0.15, 0.2) is 96.5 Å². The monoisotopic (exact) mass is 423 g/mol. The van der Waals surface area contributed by atoms with Crippen molar-refractivity contribution in [3.8, 4) is 16.8 Å². The molecule has 0 radical (unpaired) electrons. The van der Waals surface area contributed by atoms with Crippen LogP contribution in [0.2, 0.25) is 0 Å². The summed E-state index contributed by atoms with van der Waals surface area (Å²) in [4.78, 5) is 22.3. The Morgan fingerprint density at radius 2 is 1.75 bits per heavy atom. The van der Waals surface area contributed by atoms with Gasteiger partial charge in [0.05, 0.1) is 17.9 Å². The van der Waals surface area contributed by atoms with Gasteiger partial charge in [0.2, 0.25) is 0 Å². The highest BCUT2D eigenvalue weighted by Crippen LogP contribution is 2.22. The number of aromatic nitrogens is 3. The fourth-order valence-corrected chi connectivity index (χ4v) is 3.60. The molecule has 1 amide bonds. The van der Waals surface area contributed by atoms with Crippen molar-refractivity contribution < 1.29 is 9.63 Å². The number of hydrogen-bond donors (Lipinski definition) is 1. The number of amides is 1. The maximum absolute atomic E-state index is 12.6. The van der Waals surface area contributed by atoms with Crippen molar-refractivity contribution >= 4 is 11.6 Å². The first-order chi connectivity index (χ1) is 15.8. The second-order valence-corrected chi connectivity index (χ2v) is 7.47. The number of pyridine rings is 1. The fraction of sp³-hybridized carbons (Fsp3) is 0.120. The lowest BCUT2D eigenvalue weighted by Crippen LogP contribution is -2.32. The maximum Gasteiger partial charge on any atom is 0.270 e. The Labute approximate surface area is 185 Å². The molecule has 32 heavy (non-hydrogen) atoms. The summed E-state index contributed by atoms with van der Waals surface area (Å²) in [6, 6.07) is 23.8. The molecule has 3 heterocycles. The molecule has 1 aliphatic heterocycles. The first-order valence-electron chi connectivity index (χ1n) is 10.4. The smallest absolute Gasteiger partial charge is 0.270 e. The molecule has 0 fully saturated rings.